The van der Waals surface area contributed by atoms with Gasteiger partial charge in [-0.05, 0) is 6.92 Å². The number of ether oxygens (including phenoxy) is 1. The van der Waals surface area contributed by atoms with Gasteiger partial charge in [0.2, 0.25) is 0 Å². The maximum absolute atomic E-state index is 5.44. The molecule has 1 unspecified atom stereocenters. The van der Waals surface area contributed by atoms with Gasteiger partial charge in [0, 0.05) is 13.1 Å². The number of hydrogen-bond donors (Lipinski definition) is 1. The van der Waals surface area contributed by atoms with Gasteiger partial charge in [-0.2, -0.15) is 0 Å². The lowest BCUT2D eigenvalue weighted by molar-refractivity contribution is -0.0230. The number of rotatable bonds is 2. The summed E-state index contributed by atoms with van der Waals surface area (Å²) in [5.41, 5.74) is 5.39. The molecular weight excluding hydrogens is 182 g/mol. The van der Waals surface area contributed by atoms with Gasteiger partial charge in [0.15, 0.2) is 0 Å². The Balaban J connectivity index is 1.90. The Bertz CT molecular complexity index is 300. The molecule has 1 saturated heterocycles. The number of anilines is 1. The SMILES string of the molecule is CC1CN(Cc2cnc(N)o2)CCO1. The molecule has 78 valence electrons. The smallest absolute Gasteiger partial charge is 0.292 e. The number of morpholine rings is 1. The number of oxazole rings is 1. The molecule has 1 aromatic rings. The van der Waals surface area contributed by atoms with Crippen LogP contribution < -0.4 is 5.73 Å². The summed E-state index contributed by atoms with van der Waals surface area (Å²) in [4.78, 5) is 6.13. The summed E-state index contributed by atoms with van der Waals surface area (Å²) >= 11 is 0. The first-order valence-electron chi connectivity index (χ1n) is 4.78. The Kier molecular flexibility index (Phi) is 2.69. The highest BCUT2D eigenvalue weighted by Gasteiger charge is 2.17. The Hall–Kier alpha value is -1.07. The zero-order chi connectivity index (χ0) is 9.97. The van der Waals surface area contributed by atoms with E-state index in [2.05, 4.69) is 16.8 Å². The molecule has 0 saturated carbocycles. The maximum Gasteiger partial charge on any atom is 0.292 e. The molecule has 1 fully saturated rings. The Morgan fingerprint density at radius 2 is 2.57 bits per heavy atom. The van der Waals surface area contributed by atoms with Crippen LogP contribution in [-0.2, 0) is 11.3 Å². The topological polar surface area (TPSA) is 64.5 Å². The summed E-state index contributed by atoms with van der Waals surface area (Å²) in [6.07, 6.45) is 1.97. The van der Waals surface area contributed by atoms with E-state index in [1.54, 1.807) is 6.20 Å². The molecule has 1 aromatic heterocycles. The molecule has 2 rings (SSSR count). The van der Waals surface area contributed by atoms with Crippen molar-refractivity contribution in [3.63, 3.8) is 0 Å². The zero-order valence-electron chi connectivity index (χ0n) is 8.27. The van der Waals surface area contributed by atoms with Gasteiger partial charge in [0.05, 0.1) is 25.5 Å². The summed E-state index contributed by atoms with van der Waals surface area (Å²) < 4.78 is 10.6. The molecule has 1 aliphatic rings. The van der Waals surface area contributed by atoms with Crippen LogP contribution in [-0.4, -0.2) is 35.7 Å². The average molecular weight is 197 g/mol. The van der Waals surface area contributed by atoms with Crippen LogP contribution in [0, 0.1) is 0 Å². The number of aromatic nitrogens is 1. The molecule has 1 aliphatic heterocycles. The van der Waals surface area contributed by atoms with Crippen molar-refractivity contribution in [3.8, 4) is 0 Å². The van der Waals surface area contributed by atoms with Gasteiger partial charge in [-0.3, -0.25) is 4.90 Å². The molecule has 5 nitrogen and oxygen atoms in total. The second kappa shape index (κ2) is 3.98. The zero-order valence-corrected chi connectivity index (χ0v) is 8.27. The van der Waals surface area contributed by atoms with Crippen molar-refractivity contribution in [1.82, 2.24) is 9.88 Å². The first kappa shape index (κ1) is 9.48. The van der Waals surface area contributed by atoms with Crippen LogP contribution in [0.25, 0.3) is 0 Å². The molecular formula is C9H15N3O2. The summed E-state index contributed by atoms with van der Waals surface area (Å²) in [7, 11) is 0. The molecule has 2 N–H and O–H groups in total. The van der Waals surface area contributed by atoms with Gasteiger partial charge in [-0.1, -0.05) is 0 Å². The van der Waals surface area contributed by atoms with E-state index in [1.807, 2.05) is 0 Å². The molecule has 0 aromatic carbocycles. The highest BCUT2D eigenvalue weighted by molar-refractivity contribution is 5.10. The highest BCUT2D eigenvalue weighted by Crippen LogP contribution is 2.11. The van der Waals surface area contributed by atoms with Crippen LogP contribution in [0.1, 0.15) is 12.7 Å². The standard InChI is InChI=1S/C9H15N3O2/c1-7-5-12(2-3-13-7)6-8-4-11-9(10)14-8/h4,7H,2-3,5-6H2,1H3,(H2,10,11). The van der Waals surface area contributed by atoms with Gasteiger partial charge in [-0.25, -0.2) is 4.98 Å². The largest absolute Gasteiger partial charge is 0.428 e. The van der Waals surface area contributed by atoms with E-state index in [0.29, 0.717) is 6.10 Å². The third-order valence-corrected chi connectivity index (χ3v) is 2.28. The molecule has 14 heavy (non-hydrogen) atoms. The molecule has 0 aliphatic carbocycles. The van der Waals surface area contributed by atoms with Crippen molar-refractivity contribution in [3.05, 3.63) is 12.0 Å². The normalized spacial score (nSPS) is 23.9. The average Bonchev–Trinajstić information content (AvgIpc) is 2.51. The summed E-state index contributed by atoms with van der Waals surface area (Å²) in [6, 6.07) is 0.237. The van der Waals surface area contributed by atoms with Gasteiger partial charge in [0.25, 0.3) is 6.01 Å². The van der Waals surface area contributed by atoms with Crippen LogP contribution in [0.3, 0.4) is 0 Å². The summed E-state index contributed by atoms with van der Waals surface area (Å²) in [5, 5.41) is 0. The number of nitrogens with two attached hydrogens (primary N) is 1. The second-order valence-electron chi connectivity index (χ2n) is 3.58. The number of hydrogen-bond acceptors (Lipinski definition) is 5. The summed E-state index contributed by atoms with van der Waals surface area (Å²) in [6.45, 7) is 5.48. The molecule has 0 amide bonds. The van der Waals surface area contributed by atoms with Crippen LogP contribution in [0.2, 0.25) is 0 Å². The third kappa shape index (κ3) is 2.24. The van der Waals surface area contributed by atoms with E-state index in [1.165, 1.54) is 0 Å². The maximum atomic E-state index is 5.44. The lowest BCUT2D eigenvalue weighted by Gasteiger charge is -2.30. The first-order chi connectivity index (χ1) is 6.74. The highest BCUT2D eigenvalue weighted by atomic mass is 16.5. The van der Waals surface area contributed by atoms with Crippen molar-refractivity contribution in [2.75, 3.05) is 25.4 Å². The minimum atomic E-state index is 0.237. The van der Waals surface area contributed by atoms with Crippen LogP contribution >= 0.6 is 0 Å². The Morgan fingerprint density at radius 3 is 3.21 bits per heavy atom. The molecule has 1 atom stereocenters. The molecule has 5 heteroatoms. The Morgan fingerprint density at radius 1 is 1.71 bits per heavy atom. The first-order valence-corrected chi connectivity index (χ1v) is 4.78. The van der Waals surface area contributed by atoms with Crippen LogP contribution in [0.5, 0.6) is 0 Å². The van der Waals surface area contributed by atoms with E-state index in [9.17, 15) is 0 Å². The lowest BCUT2D eigenvalue weighted by atomic mass is 10.3. The quantitative estimate of drug-likeness (QED) is 0.747. The number of nitrogen functional groups attached to an aromatic ring is 1. The molecule has 0 bridgehead atoms. The third-order valence-electron chi connectivity index (χ3n) is 2.28. The molecule has 0 radical (unpaired) electrons. The van der Waals surface area contributed by atoms with E-state index in [0.717, 1.165) is 32.0 Å². The predicted octanol–water partition coefficient (Wildman–Crippen LogP) is 0.478. The lowest BCUT2D eigenvalue weighted by Crippen LogP contribution is -2.40. The summed E-state index contributed by atoms with van der Waals surface area (Å²) in [5.74, 6) is 0.816. The minimum Gasteiger partial charge on any atom is -0.428 e. The van der Waals surface area contributed by atoms with E-state index in [-0.39, 0.29) is 6.01 Å². The second-order valence-corrected chi connectivity index (χ2v) is 3.58. The van der Waals surface area contributed by atoms with Gasteiger partial charge in [0.1, 0.15) is 5.76 Å². The fourth-order valence-corrected chi connectivity index (χ4v) is 1.65. The van der Waals surface area contributed by atoms with Crippen LogP contribution in [0.4, 0.5) is 6.01 Å². The van der Waals surface area contributed by atoms with Gasteiger partial charge in [-0.15, -0.1) is 0 Å². The minimum absolute atomic E-state index is 0.237. The van der Waals surface area contributed by atoms with Crippen molar-refractivity contribution in [1.29, 1.82) is 0 Å². The van der Waals surface area contributed by atoms with Crippen molar-refractivity contribution in [2.24, 2.45) is 0 Å². The molecule has 2 heterocycles. The monoisotopic (exact) mass is 197 g/mol. The Labute approximate surface area is 82.8 Å². The van der Waals surface area contributed by atoms with Crippen LogP contribution in [0.15, 0.2) is 10.6 Å². The number of nitrogens with zero attached hydrogens (tertiary/aromatic N) is 2. The van der Waals surface area contributed by atoms with Crippen molar-refractivity contribution >= 4 is 6.01 Å². The fourth-order valence-electron chi connectivity index (χ4n) is 1.65. The predicted molar refractivity (Wildman–Crippen MR) is 51.6 cm³/mol. The van der Waals surface area contributed by atoms with Gasteiger partial charge < -0.3 is 14.9 Å². The van der Waals surface area contributed by atoms with Gasteiger partial charge >= 0.3 is 0 Å². The fraction of sp³-hybridized carbons (Fsp3) is 0.667. The van der Waals surface area contributed by atoms with Crippen molar-refractivity contribution in [2.45, 2.75) is 19.6 Å². The van der Waals surface area contributed by atoms with E-state index >= 15 is 0 Å². The van der Waals surface area contributed by atoms with E-state index in [4.69, 9.17) is 14.9 Å². The molecule has 0 spiro atoms. The van der Waals surface area contributed by atoms with Crippen molar-refractivity contribution < 1.29 is 9.15 Å². The van der Waals surface area contributed by atoms with E-state index < -0.39 is 0 Å².